The van der Waals surface area contributed by atoms with Crippen molar-refractivity contribution in [3.63, 3.8) is 0 Å². The largest absolute Gasteiger partial charge is 0.493 e. The van der Waals surface area contributed by atoms with Gasteiger partial charge in [0.1, 0.15) is 11.7 Å². The molecule has 0 amide bonds. The summed E-state index contributed by atoms with van der Waals surface area (Å²) in [5.74, 6) is 1.46. The normalized spacial score (nSPS) is 11.2. The van der Waals surface area contributed by atoms with Crippen LogP contribution in [0.3, 0.4) is 0 Å². The zero-order chi connectivity index (χ0) is 21.8. The van der Waals surface area contributed by atoms with Gasteiger partial charge in [-0.3, -0.25) is 4.79 Å². The van der Waals surface area contributed by atoms with E-state index in [0.717, 1.165) is 5.56 Å². The van der Waals surface area contributed by atoms with E-state index in [2.05, 4.69) is 15.2 Å². The van der Waals surface area contributed by atoms with E-state index < -0.39 is 0 Å². The summed E-state index contributed by atoms with van der Waals surface area (Å²) in [5.41, 5.74) is 1.93. The van der Waals surface area contributed by atoms with Crippen LogP contribution in [0, 0.1) is 0 Å². The van der Waals surface area contributed by atoms with Crippen molar-refractivity contribution in [2.75, 3.05) is 21.3 Å². The molecular formula is C22H21N5O4. The van der Waals surface area contributed by atoms with Gasteiger partial charge in [0.15, 0.2) is 17.1 Å². The second-order valence-electron chi connectivity index (χ2n) is 6.62. The summed E-state index contributed by atoms with van der Waals surface area (Å²) >= 11 is 0. The van der Waals surface area contributed by atoms with Gasteiger partial charge in [-0.25, -0.2) is 9.67 Å². The van der Waals surface area contributed by atoms with Crippen molar-refractivity contribution >= 4 is 17.2 Å². The summed E-state index contributed by atoms with van der Waals surface area (Å²) in [5, 5.41) is 8.96. The SMILES string of the molecule is COc1cc(/C=N/n2cnc3c(cnn3Cc3ccccc3)c2=O)cc(OC)c1OC. The molecule has 0 unspecified atom stereocenters. The fraction of sp³-hybridized carbons (Fsp3) is 0.182. The molecule has 2 heterocycles. The Morgan fingerprint density at radius 3 is 2.39 bits per heavy atom. The van der Waals surface area contributed by atoms with Crippen molar-refractivity contribution in [1.29, 1.82) is 0 Å². The molecule has 2 aromatic heterocycles. The van der Waals surface area contributed by atoms with Crippen LogP contribution in [0.25, 0.3) is 11.0 Å². The summed E-state index contributed by atoms with van der Waals surface area (Å²) in [7, 11) is 4.61. The van der Waals surface area contributed by atoms with E-state index in [0.29, 0.717) is 40.4 Å². The van der Waals surface area contributed by atoms with Crippen LogP contribution in [0.15, 0.2) is 64.9 Å². The van der Waals surface area contributed by atoms with Gasteiger partial charge in [0.2, 0.25) is 5.75 Å². The number of benzene rings is 2. The number of methoxy groups -OCH3 is 3. The molecule has 31 heavy (non-hydrogen) atoms. The van der Waals surface area contributed by atoms with Gasteiger partial charge in [-0.2, -0.15) is 14.9 Å². The van der Waals surface area contributed by atoms with Crippen LogP contribution < -0.4 is 19.8 Å². The van der Waals surface area contributed by atoms with E-state index in [9.17, 15) is 4.79 Å². The highest BCUT2D eigenvalue weighted by Crippen LogP contribution is 2.37. The van der Waals surface area contributed by atoms with E-state index in [-0.39, 0.29) is 5.56 Å². The smallest absolute Gasteiger partial charge is 0.285 e. The van der Waals surface area contributed by atoms with Crippen molar-refractivity contribution in [1.82, 2.24) is 19.4 Å². The molecule has 0 aliphatic heterocycles. The van der Waals surface area contributed by atoms with E-state index in [1.807, 2.05) is 30.3 Å². The fourth-order valence-electron chi connectivity index (χ4n) is 3.21. The lowest BCUT2D eigenvalue weighted by atomic mass is 10.2. The average Bonchev–Trinajstić information content (AvgIpc) is 3.21. The Morgan fingerprint density at radius 2 is 1.74 bits per heavy atom. The zero-order valence-corrected chi connectivity index (χ0v) is 17.3. The van der Waals surface area contributed by atoms with Crippen molar-refractivity contribution in [2.24, 2.45) is 5.10 Å². The third-order valence-electron chi connectivity index (χ3n) is 4.73. The number of aromatic nitrogens is 4. The number of rotatable bonds is 7. The van der Waals surface area contributed by atoms with Crippen LogP contribution >= 0.6 is 0 Å². The summed E-state index contributed by atoms with van der Waals surface area (Å²) < 4.78 is 18.9. The van der Waals surface area contributed by atoms with Crippen molar-refractivity contribution in [3.05, 3.63) is 76.5 Å². The lowest BCUT2D eigenvalue weighted by Crippen LogP contribution is -2.17. The van der Waals surface area contributed by atoms with Crippen LogP contribution in [0.2, 0.25) is 0 Å². The molecule has 0 aliphatic rings. The van der Waals surface area contributed by atoms with Crippen LogP contribution in [-0.4, -0.2) is 47.0 Å². The zero-order valence-electron chi connectivity index (χ0n) is 17.3. The molecule has 0 spiro atoms. The monoisotopic (exact) mass is 419 g/mol. The Balaban J connectivity index is 1.66. The first kappa shape index (κ1) is 20.1. The predicted molar refractivity (Wildman–Crippen MR) is 116 cm³/mol. The van der Waals surface area contributed by atoms with E-state index in [4.69, 9.17) is 14.2 Å². The third-order valence-corrected chi connectivity index (χ3v) is 4.73. The van der Waals surface area contributed by atoms with Crippen LogP contribution in [0.4, 0.5) is 0 Å². The molecule has 4 aromatic rings. The van der Waals surface area contributed by atoms with Gasteiger partial charge in [-0.05, 0) is 17.7 Å². The minimum absolute atomic E-state index is 0.312. The van der Waals surface area contributed by atoms with Crippen LogP contribution in [0.5, 0.6) is 17.2 Å². The average molecular weight is 419 g/mol. The molecule has 0 aliphatic carbocycles. The highest BCUT2D eigenvalue weighted by molar-refractivity contribution is 5.82. The number of hydrogen-bond acceptors (Lipinski definition) is 7. The summed E-state index contributed by atoms with van der Waals surface area (Å²) in [4.78, 5) is 17.2. The molecule has 0 fully saturated rings. The first-order valence-electron chi connectivity index (χ1n) is 9.46. The first-order chi connectivity index (χ1) is 15.1. The van der Waals surface area contributed by atoms with Crippen molar-refractivity contribution in [3.8, 4) is 17.2 Å². The molecule has 0 radical (unpaired) electrons. The molecular weight excluding hydrogens is 398 g/mol. The third kappa shape index (κ3) is 3.97. The number of ether oxygens (including phenoxy) is 3. The molecule has 4 rings (SSSR count). The minimum atomic E-state index is -0.312. The van der Waals surface area contributed by atoms with Gasteiger partial charge in [-0.1, -0.05) is 30.3 Å². The highest BCUT2D eigenvalue weighted by Gasteiger charge is 2.13. The second kappa shape index (κ2) is 8.70. The molecule has 0 saturated heterocycles. The maximum absolute atomic E-state index is 12.8. The quantitative estimate of drug-likeness (QED) is 0.428. The van der Waals surface area contributed by atoms with Crippen molar-refractivity contribution in [2.45, 2.75) is 6.54 Å². The van der Waals surface area contributed by atoms with Gasteiger partial charge in [0, 0.05) is 5.56 Å². The molecule has 9 nitrogen and oxygen atoms in total. The predicted octanol–water partition coefficient (Wildman–Crippen LogP) is 2.55. The van der Waals surface area contributed by atoms with Gasteiger partial charge < -0.3 is 14.2 Å². The topological polar surface area (TPSA) is 92.8 Å². The van der Waals surface area contributed by atoms with Gasteiger partial charge in [0.05, 0.1) is 40.3 Å². The molecule has 0 atom stereocenters. The minimum Gasteiger partial charge on any atom is -0.493 e. The molecule has 158 valence electrons. The van der Waals surface area contributed by atoms with Crippen molar-refractivity contribution < 1.29 is 14.2 Å². The van der Waals surface area contributed by atoms with Gasteiger partial charge in [-0.15, -0.1) is 0 Å². The second-order valence-corrected chi connectivity index (χ2v) is 6.62. The Kier molecular flexibility index (Phi) is 5.65. The number of nitrogens with zero attached hydrogens (tertiary/aromatic N) is 5. The Morgan fingerprint density at radius 1 is 1.03 bits per heavy atom. The molecule has 2 aromatic carbocycles. The lowest BCUT2D eigenvalue weighted by Gasteiger charge is -2.12. The fourth-order valence-corrected chi connectivity index (χ4v) is 3.21. The lowest BCUT2D eigenvalue weighted by molar-refractivity contribution is 0.324. The van der Waals surface area contributed by atoms with Crippen LogP contribution in [-0.2, 0) is 6.54 Å². The van der Waals surface area contributed by atoms with Gasteiger partial charge in [0.25, 0.3) is 5.56 Å². The maximum Gasteiger partial charge on any atom is 0.285 e. The Bertz CT molecular complexity index is 1270. The number of fused-ring (bicyclic) bond motifs is 1. The van der Waals surface area contributed by atoms with E-state index in [1.165, 1.54) is 44.7 Å². The maximum atomic E-state index is 12.8. The summed E-state index contributed by atoms with van der Waals surface area (Å²) in [6, 6.07) is 13.3. The summed E-state index contributed by atoms with van der Waals surface area (Å²) in [6.07, 6.45) is 4.41. The number of hydrogen-bond donors (Lipinski definition) is 0. The van der Waals surface area contributed by atoms with Crippen LogP contribution in [0.1, 0.15) is 11.1 Å². The summed E-state index contributed by atoms with van der Waals surface area (Å²) in [6.45, 7) is 0.523. The van der Waals surface area contributed by atoms with E-state index in [1.54, 1.807) is 16.8 Å². The Labute approximate surface area is 178 Å². The van der Waals surface area contributed by atoms with Gasteiger partial charge >= 0.3 is 0 Å². The molecule has 0 saturated carbocycles. The molecule has 0 N–H and O–H groups in total. The standard InChI is InChI=1S/C22H21N5O4/c1-29-18-9-16(10-19(30-2)20(18)31-3)11-24-27-14-23-21-17(22(27)28)12-25-26(21)13-15-7-5-4-6-8-15/h4-12,14H,13H2,1-3H3/b24-11+. The Hall–Kier alpha value is -4.14. The van der Waals surface area contributed by atoms with E-state index >= 15 is 0 Å². The molecule has 9 heteroatoms. The first-order valence-corrected chi connectivity index (χ1v) is 9.46. The highest BCUT2D eigenvalue weighted by atomic mass is 16.5. The molecule has 0 bridgehead atoms.